The molecule has 0 aliphatic carbocycles. The van der Waals surface area contributed by atoms with Crippen LogP contribution in [0.15, 0.2) is 29.2 Å². The maximum absolute atomic E-state index is 12.7. The van der Waals surface area contributed by atoms with E-state index in [1.165, 1.54) is 4.31 Å². The number of hydrogen-bond donors (Lipinski definition) is 0. The van der Waals surface area contributed by atoms with Crippen LogP contribution in [-0.2, 0) is 24.3 Å². The van der Waals surface area contributed by atoms with Crippen LogP contribution in [0.1, 0.15) is 51.0 Å². The predicted molar refractivity (Wildman–Crippen MR) is 103 cm³/mol. The molecular formula is C20H29NO5S. The molecule has 0 saturated carbocycles. The number of ether oxygens (including phenoxy) is 1. The molecule has 1 aliphatic heterocycles. The summed E-state index contributed by atoms with van der Waals surface area (Å²) in [5, 5.41) is 0. The van der Waals surface area contributed by atoms with Gasteiger partial charge in [-0.1, -0.05) is 17.7 Å². The van der Waals surface area contributed by atoms with E-state index in [4.69, 9.17) is 4.74 Å². The quantitative estimate of drug-likeness (QED) is 0.449. The number of sulfonamides is 1. The summed E-state index contributed by atoms with van der Waals surface area (Å²) in [6.45, 7) is 4.91. The third kappa shape index (κ3) is 6.43. The summed E-state index contributed by atoms with van der Waals surface area (Å²) in [6, 6.07) is 6.85. The molecule has 0 radical (unpaired) electrons. The lowest BCUT2D eigenvalue weighted by atomic mass is 9.99. The number of benzene rings is 1. The third-order valence-electron chi connectivity index (χ3n) is 4.82. The van der Waals surface area contributed by atoms with Crippen molar-refractivity contribution in [3.8, 4) is 0 Å². The first-order valence-electron chi connectivity index (χ1n) is 9.57. The highest BCUT2D eigenvalue weighted by molar-refractivity contribution is 7.89. The molecule has 1 atom stereocenters. The van der Waals surface area contributed by atoms with E-state index in [1.54, 1.807) is 31.2 Å². The maximum Gasteiger partial charge on any atom is 0.305 e. The summed E-state index contributed by atoms with van der Waals surface area (Å²) in [4.78, 5) is 23.7. The standard InChI is InChI=1S/C20H29NO5S/c1-3-26-20(23)7-5-4-6-18(22)14-17-12-13-21(15-17)27(24,25)19-10-8-16(2)9-11-19/h8-11,17H,3-7,12-15H2,1-2H3. The van der Waals surface area contributed by atoms with E-state index in [9.17, 15) is 18.0 Å². The van der Waals surface area contributed by atoms with Crippen LogP contribution in [-0.4, -0.2) is 44.2 Å². The molecule has 0 aromatic heterocycles. The highest BCUT2D eigenvalue weighted by Gasteiger charge is 2.33. The molecule has 150 valence electrons. The fourth-order valence-corrected chi connectivity index (χ4v) is 4.82. The monoisotopic (exact) mass is 395 g/mol. The zero-order valence-electron chi connectivity index (χ0n) is 16.1. The van der Waals surface area contributed by atoms with Crippen molar-refractivity contribution in [1.82, 2.24) is 4.31 Å². The fourth-order valence-electron chi connectivity index (χ4n) is 3.29. The molecule has 6 nitrogen and oxygen atoms in total. The lowest BCUT2D eigenvalue weighted by molar-refractivity contribution is -0.143. The number of aryl methyl sites for hydroxylation is 1. The van der Waals surface area contributed by atoms with Crippen LogP contribution in [0, 0.1) is 12.8 Å². The number of rotatable bonds is 10. The van der Waals surface area contributed by atoms with Crippen LogP contribution >= 0.6 is 0 Å². The van der Waals surface area contributed by atoms with Crippen molar-refractivity contribution in [2.75, 3.05) is 19.7 Å². The highest BCUT2D eigenvalue weighted by atomic mass is 32.2. The van der Waals surface area contributed by atoms with Crippen molar-refractivity contribution < 1.29 is 22.7 Å². The zero-order valence-corrected chi connectivity index (χ0v) is 17.0. The molecule has 0 amide bonds. The summed E-state index contributed by atoms with van der Waals surface area (Å²) in [7, 11) is -3.49. The van der Waals surface area contributed by atoms with Crippen LogP contribution in [0.2, 0.25) is 0 Å². The maximum atomic E-state index is 12.7. The topological polar surface area (TPSA) is 80.8 Å². The lowest BCUT2D eigenvalue weighted by Crippen LogP contribution is -2.29. The molecule has 0 bridgehead atoms. The molecule has 1 aromatic rings. The lowest BCUT2D eigenvalue weighted by Gasteiger charge is -2.16. The van der Waals surface area contributed by atoms with Gasteiger partial charge in [0.15, 0.2) is 0 Å². The number of nitrogens with zero attached hydrogens (tertiary/aromatic N) is 1. The van der Waals surface area contributed by atoms with Gasteiger partial charge in [0.2, 0.25) is 10.0 Å². The van der Waals surface area contributed by atoms with Crippen LogP contribution in [0.3, 0.4) is 0 Å². The molecule has 1 unspecified atom stereocenters. The molecular weight excluding hydrogens is 366 g/mol. The van der Waals surface area contributed by atoms with E-state index in [-0.39, 0.29) is 17.7 Å². The molecule has 0 spiro atoms. The van der Waals surface area contributed by atoms with Crippen LogP contribution < -0.4 is 0 Å². The number of unbranched alkanes of at least 4 members (excludes halogenated alkanes) is 1. The van der Waals surface area contributed by atoms with Gasteiger partial charge >= 0.3 is 5.97 Å². The van der Waals surface area contributed by atoms with Crippen molar-refractivity contribution in [3.63, 3.8) is 0 Å². The Labute approximate surface area is 161 Å². The van der Waals surface area contributed by atoms with Gasteiger partial charge in [-0.25, -0.2) is 8.42 Å². The van der Waals surface area contributed by atoms with E-state index < -0.39 is 10.0 Å². The summed E-state index contributed by atoms with van der Waals surface area (Å²) >= 11 is 0. The Morgan fingerprint density at radius 2 is 1.81 bits per heavy atom. The van der Waals surface area contributed by atoms with Gasteiger partial charge in [0.1, 0.15) is 5.78 Å². The van der Waals surface area contributed by atoms with Crippen molar-refractivity contribution >= 4 is 21.8 Å². The molecule has 7 heteroatoms. The largest absolute Gasteiger partial charge is 0.466 e. The Balaban J connectivity index is 1.76. The van der Waals surface area contributed by atoms with Crippen LogP contribution in [0.4, 0.5) is 0 Å². The minimum absolute atomic E-state index is 0.0720. The third-order valence-corrected chi connectivity index (χ3v) is 6.69. The molecule has 1 aliphatic rings. The SMILES string of the molecule is CCOC(=O)CCCCC(=O)CC1CCN(S(=O)(=O)c2ccc(C)cc2)C1. The second kappa shape index (κ2) is 9.99. The Kier molecular flexibility index (Phi) is 7.98. The van der Waals surface area contributed by atoms with Gasteiger partial charge in [0, 0.05) is 32.4 Å². The summed E-state index contributed by atoms with van der Waals surface area (Å²) in [5.41, 5.74) is 1.02. The highest BCUT2D eigenvalue weighted by Crippen LogP contribution is 2.27. The number of ketones is 1. The number of Topliss-reactive ketones (excluding diaryl/α,β-unsaturated/α-hetero) is 1. The van der Waals surface area contributed by atoms with Gasteiger partial charge in [-0.05, 0) is 51.2 Å². The van der Waals surface area contributed by atoms with Gasteiger partial charge in [-0.2, -0.15) is 4.31 Å². The second-order valence-corrected chi connectivity index (χ2v) is 9.02. The Morgan fingerprint density at radius 3 is 2.48 bits per heavy atom. The number of carbonyl (C=O) groups excluding carboxylic acids is 2. The van der Waals surface area contributed by atoms with E-state index >= 15 is 0 Å². The first-order chi connectivity index (χ1) is 12.8. The molecule has 0 N–H and O–H groups in total. The predicted octanol–water partition coefficient (Wildman–Crippen LogP) is 3.09. The normalized spacial score (nSPS) is 17.8. The van der Waals surface area contributed by atoms with Gasteiger partial charge in [-0.15, -0.1) is 0 Å². The Bertz CT molecular complexity index is 742. The molecule has 27 heavy (non-hydrogen) atoms. The zero-order chi connectivity index (χ0) is 19.9. The first kappa shape index (κ1) is 21.6. The van der Waals surface area contributed by atoms with Gasteiger partial charge in [0.05, 0.1) is 11.5 Å². The number of hydrogen-bond acceptors (Lipinski definition) is 5. The molecule has 1 fully saturated rings. The van der Waals surface area contributed by atoms with Gasteiger partial charge in [0.25, 0.3) is 0 Å². The average Bonchev–Trinajstić information content (AvgIpc) is 3.08. The van der Waals surface area contributed by atoms with Crippen molar-refractivity contribution in [2.45, 2.75) is 57.3 Å². The number of esters is 1. The molecule has 2 rings (SSSR count). The Morgan fingerprint density at radius 1 is 1.15 bits per heavy atom. The Hall–Kier alpha value is -1.73. The smallest absolute Gasteiger partial charge is 0.305 e. The van der Waals surface area contributed by atoms with Crippen LogP contribution in [0.5, 0.6) is 0 Å². The minimum Gasteiger partial charge on any atom is -0.466 e. The summed E-state index contributed by atoms with van der Waals surface area (Å²) in [5.74, 6) is -0.0149. The summed E-state index contributed by atoms with van der Waals surface area (Å²) < 4.78 is 31.7. The van der Waals surface area contributed by atoms with Crippen molar-refractivity contribution in [3.05, 3.63) is 29.8 Å². The second-order valence-electron chi connectivity index (χ2n) is 7.09. The average molecular weight is 396 g/mol. The van der Waals surface area contributed by atoms with E-state index in [1.807, 2.05) is 6.92 Å². The van der Waals surface area contributed by atoms with Gasteiger partial charge < -0.3 is 4.74 Å². The number of carbonyl (C=O) groups is 2. The molecule has 1 heterocycles. The van der Waals surface area contributed by atoms with E-state index in [0.717, 1.165) is 5.56 Å². The van der Waals surface area contributed by atoms with E-state index in [2.05, 4.69) is 0 Å². The first-order valence-corrected chi connectivity index (χ1v) is 11.0. The molecule has 1 aromatic carbocycles. The summed E-state index contributed by atoms with van der Waals surface area (Å²) in [6.07, 6.45) is 3.19. The molecule has 1 saturated heterocycles. The van der Waals surface area contributed by atoms with Crippen molar-refractivity contribution in [2.24, 2.45) is 5.92 Å². The van der Waals surface area contributed by atoms with Crippen LogP contribution in [0.25, 0.3) is 0 Å². The van der Waals surface area contributed by atoms with Crippen molar-refractivity contribution in [1.29, 1.82) is 0 Å². The fraction of sp³-hybridized carbons (Fsp3) is 0.600. The van der Waals surface area contributed by atoms with E-state index in [0.29, 0.717) is 63.1 Å². The minimum atomic E-state index is -3.49. The van der Waals surface area contributed by atoms with Gasteiger partial charge in [-0.3, -0.25) is 9.59 Å².